The van der Waals surface area contributed by atoms with E-state index >= 15 is 0 Å². The zero-order valence-corrected chi connectivity index (χ0v) is 19.5. The monoisotopic (exact) mass is 517 g/mol. The molecule has 13 heteroatoms. The average Bonchev–Trinajstić information content (AvgIpc) is 3.37. The maximum atomic E-state index is 13.1. The van der Waals surface area contributed by atoms with Crippen LogP contribution in [0.15, 0.2) is 36.8 Å². The van der Waals surface area contributed by atoms with Crippen molar-refractivity contribution in [3.05, 3.63) is 58.6 Å². The van der Waals surface area contributed by atoms with Gasteiger partial charge in [0.15, 0.2) is 11.5 Å². The van der Waals surface area contributed by atoms with Crippen LogP contribution >= 0.6 is 11.6 Å². The van der Waals surface area contributed by atoms with Gasteiger partial charge >= 0.3 is 6.18 Å². The highest BCUT2D eigenvalue weighted by molar-refractivity contribution is 6.32. The smallest absolute Gasteiger partial charge is 0.389 e. The second-order valence-electron chi connectivity index (χ2n) is 8.60. The molecule has 0 saturated carbocycles. The number of aromatic hydroxyl groups is 1. The Labute approximate surface area is 207 Å². The van der Waals surface area contributed by atoms with Crippen LogP contribution in [-0.2, 0) is 16.6 Å². The second-order valence-corrected chi connectivity index (χ2v) is 9.01. The quantitative estimate of drug-likeness (QED) is 0.360. The summed E-state index contributed by atoms with van der Waals surface area (Å²) in [5.41, 5.74) is 6.81. The number of halogens is 4. The standard InChI is InChI=1S/C23H19ClF3N7O2/c1-22(11-4-5-12(24)15(35)9-11)16-17(28)31-18(32-19(16)33-21(22)36)14-10-34-8-7-29-20(34)13(30-14)3-2-6-23(25,26)27/h4-5,7-10,35H,2-3,6H2,1H3,(H3,28,31,32,33,36)/t22-/m1/s1. The second kappa shape index (κ2) is 8.33. The van der Waals surface area contributed by atoms with Crippen LogP contribution in [0.5, 0.6) is 5.75 Å². The summed E-state index contributed by atoms with van der Waals surface area (Å²) in [4.78, 5) is 30.6. The van der Waals surface area contributed by atoms with Gasteiger partial charge in [-0.25, -0.2) is 19.9 Å². The molecule has 0 bridgehead atoms. The Morgan fingerprint density at radius 1 is 1.25 bits per heavy atom. The van der Waals surface area contributed by atoms with E-state index in [2.05, 4.69) is 25.3 Å². The average molecular weight is 518 g/mol. The molecule has 0 spiro atoms. The molecule has 36 heavy (non-hydrogen) atoms. The van der Waals surface area contributed by atoms with E-state index in [9.17, 15) is 23.1 Å². The van der Waals surface area contributed by atoms with Crippen molar-refractivity contribution in [1.82, 2.24) is 24.3 Å². The fourth-order valence-electron chi connectivity index (χ4n) is 4.35. The van der Waals surface area contributed by atoms with Crippen LogP contribution in [0.2, 0.25) is 5.02 Å². The van der Waals surface area contributed by atoms with Crippen molar-refractivity contribution in [2.75, 3.05) is 11.1 Å². The van der Waals surface area contributed by atoms with Crippen molar-refractivity contribution in [2.45, 2.75) is 37.8 Å². The van der Waals surface area contributed by atoms with Gasteiger partial charge in [0, 0.05) is 25.0 Å². The van der Waals surface area contributed by atoms with Crippen molar-refractivity contribution in [2.24, 2.45) is 0 Å². The Morgan fingerprint density at radius 2 is 2.03 bits per heavy atom. The van der Waals surface area contributed by atoms with Crippen LogP contribution in [0.3, 0.4) is 0 Å². The number of phenols is 1. The van der Waals surface area contributed by atoms with E-state index in [1.165, 1.54) is 18.3 Å². The minimum atomic E-state index is -4.27. The third-order valence-corrected chi connectivity index (χ3v) is 6.51. The number of imidazole rings is 1. The molecule has 9 nitrogen and oxygen atoms in total. The fraction of sp³-hybridized carbons (Fsp3) is 0.261. The number of nitrogen functional groups attached to an aromatic ring is 1. The first-order valence-electron chi connectivity index (χ1n) is 10.9. The minimum absolute atomic E-state index is 0.0106. The number of nitrogens with zero attached hydrogens (tertiary/aromatic N) is 5. The molecule has 5 rings (SSSR count). The van der Waals surface area contributed by atoms with Crippen molar-refractivity contribution in [3.8, 4) is 17.3 Å². The first-order chi connectivity index (χ1) is 17.0. The molecular weight excluding hydrogens is 499 g/mol. The summed E-state index contributed by atoms with van der Waals surface area (Å²) in [6.45, 7) is 1.63. The number of hydrogen-bond acceptors (Lipinski definition) is 7. The number of benzene rings is 1. The number of aryl methyl sites for hydroxylation is 1. The number of nitrogens with two attached hydrogens (primary N) is 1. The summed E-state index contributed by atoms with van der Waals surface area (Å²) < 4.78 is 39.6. The van der Waals surface area contributed by atoms with Gasteiger partial charge in [-0.3, -0.25) is 4.79 Å². The number of amides is 1. The number of rotatable bonds is 5. The van der Waals surface area contributed by atoms with E-state index in [0.29, 0.717) is 22.5 Å². The Hall–Kier alpha value is -3.93. The van der Waals surface area contributed by atoms with Gasteiger partial charge in [0.1, 0.15) is 28.5 Å². The topological polar surface area (TPSA) is 131 Å². The largest absolute Gasteiger partial charge is 0.506 e. The van der Waals surface area contributed by atoms with E-state index in [1.807, 2.05) is 0 Å². The highest BCUT2D eigenvalue weighted by Gasteiger charge is 2.47. The third-order valence-electron chi connectivity index (χ3n) is 6.19. The number of anilines is 2. The molecule has 1 aliphatic rings. The number of phenolic OH excluding ortho intramolecular Hbond substituents is 1. The number of carbonyl (C=O) groups excluding carboxylic acids is 1. The molecule has 1 aromatic carbocycles. The molecular formula is C23H19ClF3N7O2. The summed E-state index contributed by atoms with van der Waals surface area (Å²) in [6, 6.07) is 4.46. The zero-order chi connectivity index (χ0) is 25.8. The van der Waals surface area contributed by atoms with Gasteiger partial charge in [-0.2, -0.15) is 13.2 Å². The highest BCUT2D eigenvalue weighted by atomic mass is 35.5. The van der Waals surface area contributed by atoms with E-state index in [-0.39, 0.29) is 46.8 Å². The number of nitrogens with one attached hydrogen (secondary N) is 1. The first kappa shape index (κ1) is 23.8. The van der Waals surface area contributed by atoms with E-state index in [0.717, 1.165) is 0 Å². The van der Waals surface area contributed by atoms with E-state index in [1.54, 1.807) is 29.8 Å². The SMILES string of the molecule is C[C@]1(c2ccc(Cl)c(O)c2)C(=O)Nc2nc(-c3cn4ccnc4c(CCCC(F)(F)F)n3)nc(N)c21. The summed E-state index contributed by atoms with van der Waals surface area (Å²) >= 11 is 5.92. The van der Waals surface area contributed by atoms with Crippen molar-refractivity contribution < 1.29 is 23.1 Å². The molecule has 0 saturated heterocycles. The lowest BCUT2D eigenvalue weighted by molar-refractivity contribution is -0.135. The van der Waals surface area contributed by atoms with Crippen molar-refractivity contribution in [1.29, 1.82) is 0 Å². The lowest BCUT2D eigenvalue weighted by atomic mass is 9.77. The molecule has 1 atom stereocenters. The number of fused-ring (bicyclic) bond motifs is 2. The van der Waals surface area contributed by atoms with Crippen molar-refractivity contribution >= 4 is 34.8 Å². The molecule has 0 radical (unpaired) electrons. The molecule has 0 aliphatic carbocycles. The minimum Gasteiger partial charge on any atom is -0.506 e. The third kappa shape index (κ3) is 3.96. The molecule has 0 fully saturated rings. The van der Waals surface area contributed by atoms with Gasteiger partial charge in [0.2, 0.25) is 5.91 Å². The zero-order valence-electron chi connectivity index (χ0n) is 18.8. The fourth-order valence-corrected chi connectivity index (χ4v) is 4.47. The predicted octanol–water partition coefficient (Wildman–Crippen LogP) is 4.27. The van der Waals surface area contributed by atoms with Crippen LogP contribution < -0.4 is 11.1 Å². The summed E-state index contributed by atoms with van der Waals surface area (Å²) in [7, 11) is 0. The maximum absolute atomic E-state index is 13.1. The molecule has 4 aromatic rings. The molecule has 3 aromatic heterocycles. The normalized spacial score (nSPS) is 17.4. The maximum Gasteiger partial charge on any atom is 0.389 e. The number of alkyl halides is 3. The Kier molecular flexibility index (Phi) is 5.51. The lowest BCUT2D eigenvalue weighted by Crippen LogP contribution is -2.32. The van der Waals surface area contributed by atoms with Gasteiger partial charge in [-0.1, -0.05) is 17.7 Å². The highest BCUT2D eigenvalue weighted by Crippen LogP contribution is 2.46. The molecule has 1 amide bonds. The van der Waals surface area contributed by atoms with Crippen LogP contribution in [0.4, 0.5) is 24.8 Å². The van der Waals surface area contributed by atoms with Gasteiger partial charge in [0.25, 0.3) is 0 Å². The van der Waals surface area contributed by atoms with Gasteiger partial charge in [-0.15, -0.1) is 0 Å². The molecule has 4 heterocycles. The van der Waals surface area contributed by atoms with Gasteiger partial charge in [-0.05, 0) is 37.5 Å². The van der Waals surface area contributed by atoms with E-state index < -0.39 is 23.9 Å². The summed E-state index contributed by atoms with van der Waals surface area (Å²) in [6.07, 6.45) is -0.591. The number of aromatic nitrogens is 5. The van der Waals surface area contributed by atoms with Gasteiger partial charge in [0.05, 0.1) is 16.3 Å². The van der Waals surface area contributed by atoms with Crippen LogP contribution in [-0.4, -0.2) is 41.5 Å². The summed E-state index contributed by atoms with van der Waals surface area (Å²) in [5, 5.41) is 12.9. The molecule has 4 N–H and O–H groups in total. The van der Waals surface area contributed by atoms with E-state index in [4.69, 9.17) is 17.3 Å². The molecule has 0 unspecified atom stereocenters. The molecule has 1 aliphatic heterocycles. The lowest BCUT2D eigenvalue weighted by Gasteiger charge is -2.23. The number of carbonyl (C=O) groups is 1. The van der Waals surface area contributed by atoms with Gasteiger partial charge < -0.3 is 20.6 Å². The molecule has 186 valence electrons. The van der Waals surface area contributed by atoms with Crippen LogP contribution in [0.1, 0.15) is 36.6 Å². The number of hydrogen-bond donors (Lipinski definition) is 3. The first-order valence-corrected chi connectivity index (χ1v) is 11.2. The summed E-state index contributed by atoms with van der Waals surface area (Å²) in [5.74, 6) is -0.351. The predicted molar refractivity (Wildman–Crippen MR) is 126 cm³/mol. The van der Waals surface area contributed by atoms with Crippen molar-refractivity contribution in [3.63, 3.8) is 0 Å². The Bertz CT molecular complexity index is 1520. The van der Waals surface area contributed by atoms with Crippen LogP contribution in [0, 0.1) is 0 Å². The Balaban J connectivity index is 1.57. The Morgan fingerprint density at radius 3 is 2.75 bits per heavy atom. The van der Waals surface area contributed by atoms with Crippen LogP contribution in [0.25, 0.3) is 17.2 Å².